The van der Waals surface area contributed by atoms with Crippen molar-refractivity contribution < 1.29 is 13.9 Å². The molecule has 0 aliphatic carbocycles. The Morgan fingerprint density at radius 2 is 2.04 bits per heavy atom. The molecule has 0 atom stereocenters. The van der Waals surface area contributed by atoms with E-state index in [4.69, 9.17) is 17.0 Å². The van der Waals surface area contributed by atoms with Gasteiger partial charge in [-0.3, -0.25) is 4.79 Å². The average molecular weight is 345 g/mol. The van der Waals surface area contributed by atoms with E-state index in [0.29, 0.717) is 15.0 Å². The van der Waals surface area contributed by atoms with Crippen LogP contribution in [0.25, 0.3) is 6.08 Å². The van der Waals surface area contributed by atoms with Crippen LogP contribution in [0, 0.1) is 5.82 Å². The maximum atomic E-state index is 13.1. The van der Waals surface area contributed by atoms with Crippen LogP contribution in [-0.2, 0) is 11.4 Å². The van der Waals surface area contributed by atoms with Gasteiger partial charge in [0.15, 0.2) is 0 Å². The fourth-order valence-corrected chi connectivity index (χ4v) is 3.10. The van der Waals surface area contributed by atoms with Crippen molar-refractivity contribution in [2.24, 2.45) is 0 Å². The molecule has 3 rings (SSSR count). The molecule has 1 amide bonds. The van der Waals surface area contributed by atoms with Gasteiger partial charge < -0.3 is 10.1 Å². The number of amides is 1. The number of carbonyl (C=O) groups excluding carboxylic acids is 1. The zero-order valence-corrected chi connectivity index (χ0v) is 13.5. The van der Waals surface area contributed by atoms with Gasteiger partial charge in [0, 0.05) is 0 Å². The monoisotopic (exact) mass is 345 g/mol. The summed E-state index contributed by atoms with van der Waals surface area (Å²) < 4.78 is 19.3. The molecule has 0 unspecified atom stereocenters. The molecule has 1 heterocycles. The van der Waals surface area contributed by atoms with Crippen molar-refractivity contribution in [1.29, 1.82) is 0 Å². The van der Waals surface area contributed by atoms with E-state index in [1.54, 1.807) is 18.2 Å². The van der Waals surface area contributed by atoms with Crippen LogP contribution in [0.3, 0.4) is 0 Å². The van der Waals surface area contributed by atoms with E-state index in [0.717, 1.165) is 11.1 Å². The summed E-state index contributed by atoms with van der Waals surface area (Å²) in [5.74, 6) is 0.172. The first-order valence-corrected chi connectivity index (χ1v) is 8.05. The van der Waals surface area contributed by atoms with Gasteiger partial charge in [-0.2, -0.15) is 0 Å². The predicted octanol–water partition coefficient (Wildman–Crippen LogP) is 3.89. The number of rotatable bonds is 4. The Balaban J connectivity index is 1.71. The van der Waals surface area contributed by atoms with Crippen LogP contribution in [0.1, 0.15) is 11.1 Å². The van der Waals surface area contributed by atoms with Crippen molar-refractivity contribution in [3.63, 3.8) is 0 Å². The normalized spacial score (nSPS) is 15.8. The summed E-state index contributed by atoms with van der Waals surface area (Å²) in [6.45, 7) is 0.275. The van der Waals surface area contributed by atoms with E-state index < -0.39 is 0 Å². The highest BCUT2D eigenvalue weighted by atomic mass is 32.2. The predicted molar refractivity (Wildman–Crippen MR) is 93.5 cm³/mol. The molecule has 0 saturated carbocycles. The molecular weight excluding hydrogens is 333 g/mol. The van der Waals surface area contributed by atoms with Gasteiger partial charge in [-0.1, -0.05) is 48.2 Å². The highest BCUT2D eigenvalue weighted by molar-refractivity contribution is 8.26. The average Bonchev–Trinajstić information content (AvgIpc) is 2.83. The lowest BCUT2D eigenvalue weighted by Gasteiger charge is -2.07. The Labute approximate surface area is 142 Å². The van der Waals surface area contributed by atoms with Gasteiger partial charge in [0.05, 0.1) is 4.91 Å². The van der Waals surface area contributed by atoms with Crippen molar-refractivity contribution in [2.45, 2.75) is 6.61 Å². The first-order chi connectivity index (χ1) is 11.1. The quantitative estimate of drug-likeness (QED) is 0.674. The van der Waals surface area contributed by atoms with Crippen LogP contribution in [0.5, 0.6) is 5.75 Å². The number of nitrogens with one attached hydrogen (secondary N) is 1. The van der Waals surface area contributed by atoms with E-state index in [1.165, 1.54) is 23.9 Å². The molecular formula is C17H12FNO2S2. The molecule has 2 aromatic rings. The molecule has 23 heavy (non-hydrogen) atoms. The molecule has 6 heteroatoms. The molecule has 0 aromatic heterocycles. The summed E-state index contributed by atoms with van der Waals surface area (Å²) >= 11 is 6.19. The smallest absolute Gasteiger partial charge is 0.263 e. The maximum absolute atomic E-state index is 13.1. The fourth-order valence-electron chi connectivity index (χ4n) is 2.06. The van der Waals surface area contributed by atoms with Gasteiger partial charge in [0.25, 0.3) is 5.91 Å². The van der Waals surface area contributed by atoms with Crippen molar-refractivity contribution >= 4 is 40.3 Å². The van der Waals surface area contributed by atoms with Gasteiger partial charge in [0.1, 0.15) is 22.5 Å². The molecule has 116 valence electrons. The highest BCUT2D eigenvalue weighted by Gasteiger charge is 2.21. The Kier molecular flexibility index (Phi) is 4.73. The summed E-state index contributed by atoms with van der Waals surface area (Å²) in [7, 11) is 0. The van der Waals surface area contributed by atoms with E-state index in [-0.39, 0.29) is 18.3 Å². The molecule has 1 saturated heterocycles. The van der Waals surface area contributed by atoms with Crippen LogP contribution in [-0.4, -0.2) is 10.2 Å². The molecule has 2 aromatic carbocycles. The Morgan fingerprint density at radius 3 is 2.78 bits per heavy atom. The van der Waals surface area contributed by atoms with Crippen molar-refractivity contribution in [2.75, 3.05) is 0 Å². The molecule has 3 nitrogen and oxygen atoms in total. The van der Waals surface area contributed by atoms with Gasteiger partial charge >= 0.3 is 0 Å². The summed E-state index contributed by atoms with van der Waals surface area (Å²) in [5.41, 5.74) is 1.59. The minimum Gasteiger partial charge on any atom is -0.489 e. The third-order valence-electron chi connectivity index (χ3n) is 3.09. The standard InChI is InChI=1S/C17H12FNO2S2/c18-13-5-1-4-12(7-13)10-21-14-6-2-3-11(8-14)9-15-16(20)19-17(22)23-15/h1-9H,10H2,(H,19,20,22). The zero-order valence-electron chi connectivity index (χ0n) is 11.9. The lowest BCUT2D eigenvalue weighted by molar-refractivity contribution is -0.115. The highest BCUT2D eigenvalue weighted by Crippen LogP contribution is 2.27. The van der Waals surface area contributed by atoms with Gasteiger partial charge in [-0.15, -0.1) is 0 Å². The zero-order chi connectivity index (χ0) is 16.2. The van der Waals surface area contributed by atoms with Gasteiger partial charge in [0.2, 0.25) is 0 Å². The molecule has 0 bridgehead atoms. The summed E-state index contributed by atoms with van der Waals surface area (Å²) in [6.07, 6.45) is 1.76. The summed E-state index contributed by atoms with van der Waals surface area (Å²) in [6, 6.07) is 13.6. The first-order valence-electron chi connectivity index (χ1n) is 6.82. The number of carbonyl (C=O) groups is 1. The molecule has 1 fully saturated rings. The van der Waals surface area contributed by atoms with Gasteiger partial charge in [-0.05, 0) is 41.5 Å². The molecule has 0 spiro atoms. The van der Waals surface area contributed by atoms with Crippen LogP contribution in [0.15, 0.2) is 53.4 Å². The molecule has 1 aliphatic rings. The molecule has 1 N–H and O–H groups in total. The number of thioether (sulfide) groups is 1. The number of ether oxygens (including phenoxy) is 1. The number of benzene rings is 2. The van der Waals surface area contributed by atoms with E-state index in [2.05, 4.69) is 5.32 Å². The van der Waals surface area contributed by atoms with Crippen molar-refractivity contribution in [3.8, 4) is 5.75 Å². The van der Waals surface area contributed by atoms with Crippen LogP contribution < -0.4 is 10.1 Å². The Hall–Kier alpha value is -2.18. The van der Waals surface area contributed by atoms with Crippen LogP contribution in [0.2, 0.25) is 0 Å². The number of hydrogen-bond acceptors (Lipinski definition) is 4. The Bertz CT molecular complexity index is 805. The second-order valence-electron chi connectivity index (χ2n) is 4.84. The lowest BCUT2D eigenvalue weighted by Crippen LogP contribution is -2.17. The van der Waals surface area contributed by atoms with Crippen molar-refractivity contribution in [3.05, 3.63) is 70.4 Å². The Morgan fingerprint density at radius 1 is 1.22 bits per heavy atom. The second-order valence-corrected chi connectivity index (χ2v) is 6.56. The molecule has 1 aliphatic heterocycles. The van der Waals surface area contributed by atoms with Crippen molar-refractivity contribution in [1.82, 2.24) is 5.32 Å². The lowest BCUT2D eigenvalue weighted by atomic mass is 10.2. The van der Waals surface area contributed by atoms with Crippen LogP contribution in [0.4, 0.5) is 4.39 Å². The summed E-state index contributed by atoms with van der Waals surface area (Å²) in [5, 5.41) is 2.57. The third kappa shape index (κ3) is 4.18. The van der Waals surface area contributed by atoms with E-state index in [1.807, 2.05) is 24.3 Å². The minimum atomic E-state index is -0.287. The van der Waals surface area contributed by atoms with Crippen LogP contribution >= 0.6 is 24.0 Å². The maximum Gasteiger partial charge on any atom is 0.263 e. The molecule has 0 radical (unpaired) electrons. The number of halogens is 1. The number of hydrogen-bond donors (Lipinski definition) is 1. The fraction of sp³-hybridized carbons (Fsp3) is 0.0588. The first kappa shape index (κ1) is 15.7. The summed E-state index contributed by atoms with van der Waals surface area (Å²) in [4.78, 5) is 12.2. The topological polar surface area (TPSA) is 38.3 Å². The second kappa shape index (κ2) is 6.93. The van der Waals surface area contributed by atoms with Gasteiger partial charge in [-0.25, -0.2) is 4.39 Å². The SMILES string of the molecule is O=C1NC(=S)SC1=Cc1cccc(OCc2cccc(F)c2)c1. The van der Waals surface area contributed by atoms with E-state index in [9.17, 15) is 9.18 Å². The minimum absolute atomic E-state index is 0.189. The largest absolute Gasteiger partial charge is 0.489 e. The number of thiocarbonyl (C=S) groups is 1. The third-order valence-corrected chi connectivity index (χ3v) is 4.26. The van der Waals surface area contributed by atoms with E-state index >= 15 is 0 Å².